The van der Waals surface area contributed by atoms with E-state index >= 15 is 0 Å². The Labute approximate surface area is 369 Å². The molecule has 0 saturated carbocycles. The van der Waals surface area contributed by atoms with Gasteiger partial charge in [0.15, 0.2) is 0 Å². The maximum absolute atomic E-state index is 2.54. The summed E-state index contributed by atoms with van der Waals surface area (Å²) in [5.41, 5.74) is 15.7. The van der Waals surface area contributed by atoms with Gasteiger partial charge < -0.3 is 4.90 Å². The van der Waals surface area contributed by atoms with Gasteiger partial charge in [0.1, 0.15) is 0 Å². The van der Waals surface area contributed by atoms with Crippen molar-refractivity contribution in [3.05, 3.63) is 247 Å². The fourth-order valence-corrected chi connectivity index (χ4v) is 12.6. The molecule has 12 aromatic rings. The molecule has 0 fully saturated rings. The van der Waals surface area contributed by atoms with Crippen LogP contribution in [0, 0.1) is 0 Å². The van der Waals surface area contributed by atoms with E-state index < -0.39 is 5.41 Å². The topological polar surface area (TPSA) is 3.24 Å². The van der Waals surface area contributed by atoms with Crippen molar-refractivity contribution >= 4 is 80.9 Å². The van der Waals surface area contributed by atoms with Crippen molar-refractivity contribution in [2.75, 3.05) is 4.90 Å². The van der Waals surface area contributed by atoms with Gasteiger partial charge in [0, 0.05) is 36.9 Å². The van der Waals surface area contributed by atoms with Gasteiger partial charge in [0.25, 0.3) is 0 Å². The van der Waals surface area contributed by atoms with Gasteiger partial charge in [0.05, 0.1) is 11.1 Å². The van der Waals surface area contributed by atoms with Crippen molar-refractivity contribution in [2.24, 2.45) is 0 Å². The van der Waals surface area contributed by atoms with Crippen molar-refractivity contribution in [1.29, 1.82) is 0 Å². The quantitative estimate of drug-likeness (QED) is 0.171. The third-order valence-electron chi connectivity index (χ3n) is 14.0. The van der Waals surface area contributed by atoms with E-state index in [1.54, 1.807) is 0 Å². The Morgan fingerprint density at radius 3 is 1.81 bits per heavy atom. The highest BCUT2D eigenvalue weighted by atomic mass is 32.1. The number of rotatable bonds is 4. The van der Waals surface area contributed by atoms with Crippen molar-refractivity contribution in [2.45, 2.75) is 5.41 Å². The van der Waals surface area contributed by atoms with Crippen LogP contribution in [0.25, 0.3) is 85.9 Å². The van der Waals surface area contributed by atoms with Gasteiger partial charge >= 0.3 is 0 Å². The molecule has 2 heteroatoms. The highest BCUT2D eigenvalue weighted by molar-refractivity contribution is 7.25. The molecule has 2 aliphatic rings. The number of nitrogens with zero attached hydrogens (tertiary/aromatic N) is 1. The third kappa shape index (κ3) is 4.76. The summed E-state index contributed by atoms with van der Waals surface area (Å²) in [4.78, 5) is 2.51. The highest BCUT2D eigenvalue weighted by Crippen LogP contribution is 2.62. The Hall–Kier alpha value is -7.78. The normalized spacial score (nSPS) is 14.7. The molecule has 0 aliphatic heterocycles. The summed E-state index contributed by atoms with van der Waals surface area (Å²) in [5, 5.41) is 10.2. The lowest BCUT2D eigenvalue weighted by molar-refractivity contribution is 0.754. The lowest BCUT2D eigenvalue weighted by atomic mass is 9.55. The van der Waals surface area contributed by atoms with Crippen LogP contribution in [-0.4, -0.2) is 0 Å². The van der Waals surface area contributed by atoms with Crippen molar-refractivity contribution in [1.82, 2.24) is 0 Å². The predicted octanol–water partition coefficient (Wildman–Crippen LogP) is 17.0. The van der Waals surface area contributed by atoms with Gasteiger partial charge in [-0.1, -0.05) is 188 Å². The summed E-state index contributed by atoms with van der Waals surface area (Å²) < 4.78 is 2.60. The average Bonchev–Trinajstić information content (AvgIpc) is 3.72. The number of benzene rings is 11. The molecule has 1 atom stereocenters. The Bertz CT molecular complexity index is 3870. The van der Waals surface area contributed by atoms with Crippen LogP contribution in [-0.2, 0) is 5.41 Å². The summed E-state index contributed by atoms with van der Waals surface area (Å²) >= 11 is 1.87. The van der Waals surface area contributed by atoms with E-state index in [4.69, 9.17) is 0 Å². The Balaban J connectivity index is 1.12. The number of thiophene rings is 1. The molecule has 63 heavy (non-hydrogen) atoms. The standard InChI is InChI=1S/C61H37NS/c1-2-14-38(15-3-1)43-34-35-51-45-21-6-8-25-52(45)61(54-27-13-24-49(43)60(51)54)53-26-11-19-40-18-10-23-50(59(40)53)46-32-30-41(36-55(46)61)62(56-28-12-17-39-16-4-5-20-44(39)56)42-31-33-48-47-22-7-9-29-57(47)63-58(48)37-42/h1-37H. The van der Waals surface area contributed by atoms with Crippen LogP contribution in [0.1, 0.15) is 22.3 Å². The second-order valence-corrected chi connectivity index (χ2v) is 18.2. The van der Waals surface area contributed by atoms with E-state index in [-0.39, 0.29) is 0 Å². The van der Waals surface area contributed by atoms with Gasteiger partial charge in [0.2, 0.25) is 0 Å². The molecule has 14 rings (SSSR count). The van der Waals surface area contributed by atoms with Gasteiger partial charge in [-0.3, -0.25) is 0 Å². The first-order valence-corrected chi connectivity index (χ1v) is 22.7. The highest BCUT2D eigenvalue weighted by Gasteiger charge is 2.49. The molecule has 1 aromatic heterocycles. The molecule has 0 saturated heterocycles. The Morgan fingerprint density at radius 1 is 0.317 bits per heavy atom. The zero-order chi connectivity index (χ0) is 41.2. The number of fused-ring (bicyclic) bond motifs is 12. The maximum atomic E-state index is 2.54. The molecule has 1 nitrogen and oxygen atoms in total. The minimum Gasteiger partial charge on any atom is -0.310 e. The molecule has 0 amide bonds. The van der Waals surface area contributed by atoms with Crippen LogP contribution in [0.5, 0.6) is 0 Å². The third-order valence-corrected chi connectivity index (χ3v) is 15.2. The second-order valence-electron chi connectivity index (χ2n) is 17.1. The van der Waals surface area contributed by atoms with Crippen LogP contribution >= 0.6 is 11.3 Å². The summed E-state index contributed by atoms with van der Waals surface area (Å²) in [7, 11) is 0. The SMILES string of the molecule is c1ccc(-c2ccc3c4c(cccc24)C2(c4cc(N(c5ccc6c(c5)sc5ccccc56)c5cccc6ccccc56)ccc4-c4cccc5cccc2c45)c2ccccc2-3)cc1. The fraction of sp³-hybridized carbons (Fsp3) is 0.0164. The fourth-order valence-electron chi connectivity index (χ4n) is 11.5. The zero-order valence-corrected chi connectivity index (χ0v) is 35.0. The van der Waals surface area contributed by atoms with Crippen LogP contribution in [0.3, 0.4) is 0 Å². The molecule has 2 aliphatic carbocycles. The van der Waals surface area contributed by atoms with Gasteiger partial charge in [-0.2, -0.15) is 0 Å². The van der Waals surface area contributed by atoms with Crippen molar-refractivity contribution in [3.63, 3.8) is 0 Å². The molecular formula is C61H37NS. The van der Waals surface area contributed by atoms with Crippen LogP contribution < -0.4 is 4.90 Å². The Morgan fingerprint density at radius 2 is 0.889 bits per heavy atom. The monoisotopic (exact) mass is 815 g/mol. The number of hydrogen-bond donors (Lipinski definition) is 0. The molecule has 1 heterocycles. The van der Waals surface area contributed by atoms with Crippen LogP contribution in [0.15, 0.2) is 224 Å². The van der Waals surface area contributed by atoms with Crippen LogP contribution in [0.4, 0.5) is 17.1 Å². The molecule has 11 aromatic carbocycles. The zero-order valence-electron chi connectivity index (χ0n) is 34.2. The van der Waals surface area contributed by atoms with Crippen molar-refractivity contribution < 1.29 is 0 Å². The lowest BCUT2D eigenvalue weighted by Gasteiger charge is -2.46. The molecule has 0 N–H and O–H groups in total. The molecule has 1 unspecified atom stereocenters. The summed E-state index contributed by atoms with van der Waals surface area (Å²) in [6.45, 7) is 0. The largest absolute Gasteiger partial charge is 0.310 e. The summed E-state index contributed by atoms with van der Waals surface area (Å²) in [5.74, 6) is 0. The van der Waals surface area contributed by atoms with E-state index in [0.717, 1.165) is 17.1 Å². The first-order chi connectivity index (χ1) is 31.3. The first kappa shape index (κ1) is 34.9. The second kappa shape index (κ2) is 13.1. The minimum absolute atomic E-state index is 0.628. The van der Waals surface area contributed by atoms with Gasteiger partial charge in [-0.25, -0.2) is 0 Å². The van der Waals surface area contributed by atoms with E-state index in [1.165, 1.54) is 108 Å². The number of hydrogen-bond acceptors (Lipinski definition) is 2. The lowest BCUT2D eigenvalue weighted by Crippen LogP contribution is -2.36. The molecule has 0 radical (unpaired) electrons. The maximum Gasteiger partial charge on any atom is 0.0726 e. The van der Waals surface area contributed by atoms with Gasteiger partial charge in [-0.05, 0) is 119 Å². The molecule has 0 bridgehead atoms. The minimum atomic E-state index is -0.628. The Kier molecular flexibility index (Phi) is 7.26. The van der Waals surface area contributed by atoms with Crippen molar-refractivity contribution in [3.8, 4) is 33.4 Å². The molecular weight excluding hydrogens is 779 g/mol. The van der Waals surface area contributed by atoms with E-state index in [9.17, 15) is 0 Å². The van der Waals surface area contributed by atoms with E-state index in [1.807, 2.05) is 11.3 Å². The smallest absolute Gasteiger partial charge is 0.0726 e. The van der Waals surface area contributed by atoms with Gasteiger partial charge in [-0.15, -0.1) is 11.3 Å². The average molecular weight is 816 g/mol. The van der Waals surface area contributed by atoms with Crippen LogP contribution in [0.2, 0.25) is 0 Å². The molecule has 292 valence electrons. The first-order valence-electron chi connectivity index (χ1n) is 21.8. The summed E-state index contributed by atoms with van der Waals surface area (Å²) in [6, 6.07) is 84.5. The molecule has 1 spiro atoms. The van der Waals surface area contributed by atoms with E-state index in [0.29, 0.717) is 0 Å². The predicted molar refractivity (Wildman–Crippen MR) is 268 cm³/mol. The van der Waals surface area contributed by atoms with E-state index in [2.05, 4.69) is 229 Å². The summed E-state index contributed by atoms with van der Waals surface area (Å²) in [6.07, 6.45) is 0. The number of anilines is 3.